The number of hydrazine groups is 1. The van der Waals surface area contributed by atoms with Gasteiger partial charge in [0.15, 0.2) is 0 Å². The predicted molar refractivity (Wildman–Crippen MR) is 78.0 cm³/mol. The first kappa shape index (κ1) is 14.2. The Kier molecular flexibility index (Phi) is 4.08. The minimum Gasteiger partial charge on any atom is -0.467 e. The second-order valence-electron chi connectivity index (χ2n) is 5.77. The van der Waals surface area contributed by atoms with E-state index >= 15 is 0 Å². The molecular formula is C14H21N3OS. The van der Waals surface area contributed by atoms with Gasteiger partial charge in [0, 0.05) is 17.2 Å². The number of furan rings is 1. The Bertz CT molecular complexity index is 539. The smallest absolute Gasteiger partial charge is 0.125 e. The molecule has 4 nitrogen and oxygen atoms in total. The molecule has 0 spiro atoms. The zero-order chi connectivity index (χ0) is 14.0. The van der Waals surface area contributed by atoms with Gasteiger partial charge >= 0.3 is 0 Å². The molecule has 0 bridgehead atoms. The first-order valence-corrected chi connectivity index (χ1v) is 7.25. The molecule has 1 atom stereocenters. The van der Waals surface area contributed by atoms with E-state index in [1.807, 2.05) is 13.0 Å². The summed E-state index contributed by atoms with van der Waals surface area (Å²) in [4.78, 5) is 4.69. The van der Waals surface area contributed by atoms with Crippen molar-refractivity contribution in [3.63, 3.8) is 0 Å². The van der Waals surface area contributed by atoms with Crippen LogP contribution in [0.25, 0.3) is 0 Å². The molecular weight excluding hydrogens is 258 g/mol. The van der Waals surface area contributed by atoms with Crippen LogP contribution in [-0.4, -0.2) is 4.98 Å². The van der Waals surface area contributed by atoms with Gasteiger partial charge in [0.25, 0.3) is 0 Å². The van der Waals surface area contributed by atoms with Crippen LogP contribution in [0.2, 0.25) is 0 Å². The van der Waals surface area contributed by atoms with Crippen molar-refractivity contribution in [2.24, 2.45) is 5.84 Å². The van der Waals surface area contributed by atoms with Crippen LogP contribution >= 0.6 is 11.3 Å². The molecule has 0 aliphatic rings. The number of hydrogen-bond acceptors (Lipinski definition) is 5. The lowest BCUT2D eigenvalue weighted by atomic mass is 9.93. The second kappa shape index (κ2) is 5.45. The Balaban J connectivity index is 2.16. The maximum absolute atomic E-state index is 5.64. The van der Waals surface area contributed by atoms with Crippen LogP contribution in [0.5, 0.6) is 0 Å². The van der Waals surface area contributed by atoms with Crippen LogP contribution in [0.15, 0.2) is 22.1 Å². The monoisotopic (exact) mass is 279 g/mol. The van der Waals surface area contributed by atoms with Gasteiger partial charge in [0.2, 0.25) is 0 Å². The van der Waals surface area contributed by atoms with Gasteiger partial charge in [-0.25, -0.2) is 10.4 Å². The molecule has 0 radical (unpaired) electrons. The highest BCUT2D eigenvalue weighted by Gasteiger charge is 2.21. The Morgan fingerprint density at radius 3 is 2.68 bits per heavy atom. The molecule has 2 rings (SSSR count). The maximum atomic E-state index is 5.64. The van der Waals surface area contributed by atoms with E-state index in [1.54, 1.807) is 17.6 Å². The molecule has 0 amide bonds. The number of thiazole rings is 1. The maximum Gasteiger partial charge on any atom is 0.125 e. The average molecular weight is 279 g/mol. The highest BCUT2D eigenvalue weighted by atomic mass is 32.1. The Morgan fingerprint density at radius 2 is 2.21 bits per heavy atom. The van der Waals surface area contributed by atoms with Gasteiger partial charge in [0.05, 0.1) is 23.0 Å². The number of nitrogens with one attached hydrogen (secondary N) is 1. The summed E-state index contributed by atoms with van der Waals surface area (Å²) in [5.41, 5.74) is 5.13. The summed E-state index contributed by atoms with van der Waals surface area (Å²) >= 11 is 1.67. The highest BCUT2D eigenvalue weighted by molar-refractivity contribution is 7.09. The van der Waals surface area contributed by atoms with E-state index < -0.39 is 0 Å². The number of nitrogens with zero attached hydrogens (tertiary/aromatic N) is 1. The standard InChI is InChI=1S/C14H21N3OS/c1-9-5-6-18-13(9)10(17-15)7-12-16-11(8-19-12)14(2,3)4/h5-6,8,10,17H,7,15H2,1-4H3. The number of hydrogen-bond donors (Lipinski definition) is 2. The van der Waals surface area contributed by atoms with Crippen molar-refractivity contribution in [1.29, 1.82) is 0 Å². The van der Waals surface area contributed by atoms with E-state index in [2.05, 4.69) is 31.6 Å². The quantitative estimate of drug-likeness (QED) is 0.667. The van der Waals surface area contributed by atoms with Gasteiger partial charge in [-0.2, -0.15) is 0 Å². The van der Waals surface area contributed by atoms with Gasteiger partial charge in [0.1, 0.15) is 5.76 Å². The van der Waals surface area contributed by atoms with Gasteiger partial charge in [-0.05, 0) is 18.6 Å². The lowest BCUT2D eigenvalue weighted by Gasteiger charge is -2.15. The second-order valence-corrected chi connectivity index (χ2v) is 6.71. The summed E-state index contributed by atoms with van der Waals surface area (Å²) in [7, 11) is 0. The third kappa shape index (κ3) is 3.23. The molecule has 19 heavy (non-hydrogen) atoms. The van der Waals surface area contributed by atoms with Crippen LogP contribution in [0.3, 0.4) is 0 Å². The first-order chi connectivity index (χ1) is 8.91. The highest BCUT2D eigenvalue weighted by Crippen LogP contribution is 2.27. The summed E-state index contributed by atoms with van der Waals surface area (Å²) in [6.07, 6.45) is 2.43. The number of aryl methyl sites for hydroxylation is 1. The molecule has 1 unspecified atom stereocenters. The zero-order valence-electron chi connectivity index (χ0n) is 11.9. The van der Waals surface area contributed by atoms with Crippen molar-refractivity contribution in [3.8, 4) is 0 Å². The van der Waals surface area contributed by atoms with E-state index in [4.69, 9.17) is 15.2 Å². The summed E-state index contributed by atoms with van der Waals surface area (Å²) in [6.45, 7) is 8.52. The van der Waals surface area contributed by atoms with Gasteiger partial charge < -0.3 is 4.42 Å². The molecule has 2 aromatic rings. The minimum atomic E-state index is -0.0334. The summed E-state index contributed by atoms with van der Waals surface area (Å²) in [6, 6.07) is 1.91. The van der Waals surface area contributed by atoms with E-state index in [9.17, 15) is 0 Å². The predicted octanol–water partition coefficient (Wildman–Crippen LogP) is 3.09. The molecule has 0 aliphatic heterocycles. The number of nitrogens with two attached hydrogens (primary N) is 1. The molecule has 0 saturated carbocycles. The Morgan fingerprint density at radius 1 is 1.47 bits per heavy atom. The van der Waals surface area contributed by atoms with Crippen LogP contribution in [0.1, 0.15) is 48.8 Å². The van der Waals surface area contributed by atoms with E-state index in [1.165, 1.54) is 0 Å². The molecule has 3 N–H and O–H groups in total. The topological polar surface area (TPSA) is 64.1 Å². The van der Waals surface area contributed by atoms with Crippen molar-refractivity contribution in [2.75, 3.05) is 0 Å². The van der Waals surface area contributed by atoms with Crippen LogP contribution in [0, 0.1) is 6.92 Å². The third-order valence-corrected chi connectivity index (χ3v) is 3.99. The Labute approximate surface area is 118 Å². The number of rotatable bonds is 4. The number of aromatic nitrogens is 1. The summed E-state index contributed by atoms with van der Waals surface area (Å²) in [5, 5.41) is 3.20. The largest absolute Gasteiger partial charge is 0.467 e. The van der Waals surface area contributed by atoms with Crippen LogP contribution in [0.4, 0.5) is 0 Å². The van der Waals surface area contributed by atoms with Gasteiger partial charge in [-0.1, -0.05) is 20.8 Å². The molecule has 2 heterocycles. The molecule has 0 aliphatic carbocycles. The molecule has 0 aromatic carbocycles. The van der Waals surface area contributed by atoms with Crippen molar-refractivity contribution in [3.05, 3.63) is 39.7 Å². The van der Waals surface area contributed by atoms with Crippen molar-refractivity contribution in [1.82, 2.24) is 10.4 Å². The average Bonchev–Trinajstić information content (AvgIpc) is 2.94. The molecule has 5 heteroatoms. The Hall–Kier alpha value is -1.17. The zero-order valence-corrected chi connectivity index (χ0v) is 12.7. The first-order valence-electron chi connectivity index (χ1n) is 6.37. The summed E-state index contributed by atoms with van der Waals surface area (Å²) in [5.74, 6) is 6.52. The van der Waals surface area contributed by atoms with Gasteiger partial charge in [-0.15, -0.1) is 11.3 Å². The lowest BCUT2D eigenvalue weighted by Crippen LogP contribution is -2.29. The molecule has 104 valence electrons. The minimum absolute atomic E-state index is 0.0334. The van der Waals surface area contributed by atoms with E-state index in [0.29, 0.717) is 0 Å². The lowest BCUT2D eigenvalue weighted by molar-refractivity contribution is 0.412. The van der Waals surface area contributed by atoms with E-state index in [-0.39, 0.29) is 11.5 Å². The van der Waals surface area contributed by atoms with Crippen molar-refractivity contribution >= 4 is 11.3 Å². The molecule has 0 saturated heterocycles. The fourth-order valence-corrected chi connectivity index (χ4v) is 2.96. The van der Waals surface area contributed by atoms with Crippen molar-refractivity contribution < 1.29 is 4.42 Å². The fourth-order valence-electron chi connectivity index (χ4n) is 1.89. The van der Waals surface area contributed by atoms with Crippen LogP contribution in [-0.2, 0) is 11.8 Å². The van der Waals surface area contributed by atoms with Crippen molar-refractivity contribution in [2.45, 2.75) is 45.6 Å². The van der Waals surface area contributed by atoms with E-state index in [0.717, 1.165) is 28.4 Å². The molecule has 2 aromatic heterocycles. The normalized spacial score (nSPS) is 13.7. The third-order valence-electron chi connectivity index (χ3n) is 3.12. The van der Waals surface area contributed by atoms with Crippen LogP contribution < -0.4 is 11.3 Å². The molecule has 0 fully saturated rings. The SMILES string of the molecule is Cc1ccoc1C(Cc1nc(C(C)(C)C)cs1)NN. The van der Waals surface area contributed by atoms with Gasteiger partial charge in [-0.3, -0.25) is 5.84 Å². The fraction of sp³-hybridized carbons (Fsp3) is 0.500. The summed E-state index contributed by atoms with van der Waals surface area (Å²) < 4.78 is 5.50.